The predicted molar refractivity (Wildman–Crippen MR) is 78.4 cm³/mol. The van der Waals surface area contributed by atoms with Crippen LogP contribution in [-0.4, -0.2) is 17.4 Å². The van der Waals surface area contributed by atoms with Gasteiger partial charge in [-0.2, -0.15) is 0 Å². The first-order valence-electron chi connectivity index (χ1n) is 6.18. The number of carbonyl (C=O) groups is 1. The predicted octanol–water partition coefficient (Wildman–Crippen LogP) is 4.38. The molecule has 100 valence electrons. The van der Waals surface area contributed by atoms with Crippen molar-refractivity contribution in [3.05, 3.63) is 34.9 Å². The van der Waals surface area contributed by atoms with E-state index in [0.717, 1.165) is 30.7 Å². The number of halogens is 2. The number of esters is 1. The molecule has 0 aromatic heterocycles. The third kappa shape index (κ3) is 5.87. The van der Waals surface area contributed by atoms with Crippen LogP contribution in [0.1, 0.15) is 31.7 Å². The molecular formula is C14H18BrClO2. The van der Waals surface area contributed by atoms with Crippen LogP contribution in [0.3, 0.4) is 0 Å². The van der Waals surface area contributed by atoms with E-state index in [2.05, 4.69) is 15.9 Å². The largest absolute Gasteiger partial charge is 0.465 e. The van der Waals surface area contributed by atoms with Crippen molar-refractivity contribution in [3.63, 3.8) is 0 Å². The van der Waals surface area contributed by atoms with E-state index >= 15 is 0 Å². The fourth-order valence-corrected chi connectivity index (χ4v) is 2.13. The van der Waals surface area contributed by atoms with Gasteiger partial charge in [0.05, 0.1) is 6.61 Å². The zero-order valence-corrected chi connectivity index (χ0v) is 12.8. The molecule has 0 amide bonds. The van der Waals surface area contributed by atoms with Gasteiger partial charge in [0, 0.05) is 5.02 Å². The number of benzene rings is 1. The molecule has 0 aliphatic heterocycles. The van der Waals surface area contributed by atoms with Gasteiger partial charge >= 0.3 is 5.97 Å². The normalized spacial score (nSPS) is 12.2. The SMILES string of the molecule is CCCOC(=O)C(Br)CCCc1ccc(Cl)cc1. The summed E-state index contributed by atoms with van der Waals surface area (Å²) in [5, 5.41) is 0.750. The summed E-state index contributed by atoms with van der Waals surface area (Å²) in [6.45, 7) is 2.48. The Morgan fingerprint density at radius 3 is 2.67 bits per heavy atom. The van der Waals surface area contributed by atoms with E-state index in [-0.39, 0.29) is 10.8 Å². The van der Waals surface area contributed by atoms with Gasteiger partial charge in [-0.1, -0.05) is 46.6 Å². The van der Waals surface area contributed by atoms with E-state index in [4.69, 9.17) is 16.3 Å². The lowest BCUT2D eigenvalue weighted by atomic mass is 10.1. The maximum Gasteiger partial charge on any atom is 0.319 e. The van der Waals surface area contributed by atoms with E-state index in [1.807, 2.05) is 31.2 Å². The fraction of sp³-hybridized carbons (Fsp3) is 0.500. The molecule has 0 aliphatic rings. The highest BCUT2D eigenvalue weighted by Gasteiger charge is 2.15. The van der Waals surface area contributed by atoms with Crippen LogP contribution >= 0.6 is 27.5 Å². The summed E-state index contributed by atoms with van der Waals surface area (Å²) in [6.07, 6.45) is 3.53. The minimum Gasteiger partial charge on any atom is -0.465 e. The molecule has 2 nitrogen and oxygen atoms in total. The molecule has 1 atom stereocenters. The summed E-state index contributed by atoms with van der Waals surface area (Å²) in [4.78, 5) is 11.3. The third-order valence-corrected chi connectivity index (χ3v) is 3.62. The zero-order chi connectivity index (χ0) is 13.4. The van der Waals surface area contributed by atoms with E-state index in [0.29, 0.717) is 6.61 Å². The maximum atomic E-state index is 11.5. The standard InChI is InChI=1S/C14H18BrClO2/c1-2-10-18-14(17)13(15)5-3-4-11-6-8-12(16)9-7-11/h6-9,13H,2-5,10H2,1H3. The van der Waals surface area contributed by atoms with Crippen LogP contribution in [0.5, 0.6) is 0 Å². The molecule has 0 heterocycles. The van der Waals surface area contributed by atoms with Crippen molar-refractivity contribution in [2.75, 3.05) is 6.61 Å². The Kier molecular flexibility index (Phi) is 7.36. The third-order valence-electron chi connectivity index (χ3n) is 2.54. The van der Waals surface area contributed by atoms with Gasteiger partial charge in [-0.15, -0.1) is 0 Å². The monoisotopic (exact) mass is 332 g/mol. The van der Waals surface area contributed by atoms with Crippen LogP contribution in [-0.2, 0) is 16.0 Å². The lowest BCUT2D eigenvalue weighted by Gasteiger charge is -2.09. The van der Waals surface area contributed by atoms with Crippen molar-refractivity contribution < 1.29 is 9.53 Å². The molecule has 0 saturated carbocycles. The van der Waals surface area contributed by atoms with Crippen molar-refractivity contribution in [1.29, 1.82) is 0 Å². The molecule has 1 unspecified atom stereocenters. The van der Waals surface area contributed by atoms with Gasteiger partial charge in [0.1, 0.15) is 4.83 Å². The van der Waals surface area contributed by atoms with Gasteiger partial charge < -0.3 is 4.74 Å². The van der Waals surface area contributed by atoms with Crippen LogP contribution in [0.15, 0.2) is 24.3 Å². The summed E-state index contributed by atoms with van der Waals surface area (Å²) < 4.78 is 5.07. The number of carbonyl (C=O) groups excluding carboxylic acids is 1. The van der Waals surface area contributed by atoms with Crippen LogP contribution in [0, 0.1) is 0 Å². The fourth-order valence-electron chi connectivity index (χ4n) is 1.55. The molecular weight excluding hydrogens is 316 g/mol. The quantitative estimate of drug-likeness (QED) is 0.547. The molecule has 1 rings (SSSR count). The molecule has 1 aromatic rings. The Morgan fingerprint density at radius 1 is 1.39 bits per heavy atom. The Morgan fingerprint density at radius 2 is 2.06 bits per heavy atom. The van der Waals surface area contributed by atoms with E-state index in [9.17, 15) is 4.79 Å². The molecule has 0 N–H and O–H groups in total. The van der Waals surface area contributed by atoms with E-state index < -0.39 is 0 Å². The molecule has 0 saturated heterocycles. The second-order valence-corrected chi connectivity index (χ2v) is 5.70. The van der Waals surface area contributed by atoms with E-state index in [1.54, 1.807) is 0 Å². The molecule has 18 heavy (non-hydrogen) atoms. The van der Waals surface area contributed by atoms with Crippen molar-refractivity contribution in [2.24, 2.45) is 0 Å². The van der Waals surface area contributed by atoms with Gasteiger partial charge in [-0.25, -0.2) is 0 Å². The number of hydrogen-bond acceptors (Lipinski definition) is 2. The smallest absolute Gasteiger partial charge is 0.319 e. The molecule has 0 aliphatic carbocycles. The second-order valence-electron chi connectivity index (χ2n) is 4.15. The van der Waals surface area contributed by atoms with Crippen LogP contribution in [0.25, 0.3) is 0 Å². The highest BCUT2D eigenvalue weighted by Crippen LogP contribution is 2.15. The molecule has 0 fully saturated rings. The first-order valence-corrected chi connectivity index (χ1v) is 7.48. The van der Waals surface area contributed by atoms with Crippen LogP contribution in [0.4, 0.5) is 0 Å². The number of rotatable bonds is 7. The average Bonchev–Trinajstić information content (AvgIpc) is 2.38. The molecule has 0 spiro atoms. The van der Waals surface area contributed by atoms with Crippen molar-refractivity contribution in [2.45, 2.75) is 37.4 Å². The van der Waals surface area contributed by atoms with Gasteiger partial charge in [-0.3, -0.25) is 4.79 Å². The number of aryl methyl sites for hydroxylation is 1. The highest BCUT2D eigenvalue weighted by molar-refractivity contribution is 9.10. The minimum absolute atomic E-state index is 0.159. The number of alkyl halides is 1. The Labute approximate surface area is 122 Å². The summed E-state index contributed by atoms with van der Waals surface area (Å²) in [5.74, 6) is -0.159. The number of ether oxygens (including phenoxy) is 1. The zero-order valence-electron chi connectivity index (χ0n) is 10.5. The Bertz CT molecular complexity index is 365. The second kappa shape index (κ2) is 8.54. The maximum absolute atomic E-state index is 11.5. The molecule has 0 bridgehead atoms. The molecule has 1 aromatic carbocycles. The molecule has 4 heteroatoms. The Hall–Kier alpha value is -0.540. The minimum atomic E-state index is -0.198. The van der Waals surface area contributed by atoms with Crippen molar-refractivity contribution in [3.8, 4) is 0 Å². The molecule has 0 radical (unpaired) electrons. The lowest BCUT2D eigenvalue weighted by Crippen LogP contribution is -2.18. The van der Waals surface area contributed by atoms with E-state index in [1.165, 1.54) is 5.56 Å². The number of hydrogen-bond donors (Lipinski definition) is 0. The Balaban J connectivity index is 2.24. The summed E-state index contributed by atoms with van der Waals surface area (Å²) in [6, 6.07) is 7.80. The highest BCUT2D eigenvalue weighted by atomic mass is 79.9. The lowest BCUT2D eigenvalue weighted by molar-refractivity contribution is -0.142. The van der Waals surface area contributed by atoms with Crippen molar-refractivity contribution in [1.82, 2.24) is 0 Å². The van der Waals surface area contributed by atoms with Gasteiger partial charge in [-0.05, 0) is 43.4 Å². The summed E-state index contributed by atoms with van der Waals surface area (Å²) in [5.41, 5.74) is 1.24. The first-order chi connectivity index (χ1) is 8.63. The summed E-state index contributed by atoms with van der Waals surface area (Å²) in [7, 11) is 0. The summed E-state index contributed by atoms with van der Waals surface area (Å²) >= 11 is 9.18. The first kappa shape index (κ1) is 15.5. The van der Waals surface area contributed by atoms with Crippen LogP contribution in [0.2, 0.25) is 5.02 Å². The van der Waals surface area contributed by atoms with Gasteiger partial charge in [0.2, 0.25) is 0 Å². The average molecular weight is 334 g/mol. The van der Waals surface area contributed by atoms with Gasteiger partial charge in [0.25, 0.3) is 0 Å². The topological polar surface area (TPSA) is 26.3 Å². The van der Waals surface area contributed by atoms with Crippen LogP contribution < -0.4 is 0 Å². The van der Waals surface area contributed by atoms with Crippen molar-refractivity contribution >= 4 is 33.5 Å². The van der Waals surface area contributed by atoms with Gasteiger partial charge in [0.15, 0.2) is 0 Å².